The molecule has 0 saturated heterocycles. The molecule has 2 aromatic carbocycles. The topological polar surface area (TPSA) is 15.3 Å². The third kappa shape index (κ3) is 2.92. The minimum Gasteiger partial charge on any atom is -0.344 e. The van der Waals surface area contributed by atoms with Crippen LogP contribution in [0.2, 0.25) is 0 Å². The van der Waals surface area contributed by atoms with Crippen LogP contribution >= 0.6 is 15.9 Å². The van der Waals surface area contributed by atoms with Gasteiger partial charge in [0.2, 0.25) is 0 Å². The van der Waals surface area contributed by atoms with E-state index in [9.17, 15) is 0 Å². The Kier molecular flexibility index (Phi) is 4.39. The molecular formula is C15H17BrN2. The summed E-state index contributed by atoms with van der Waals surface area (Å²) in [6.07, 6.45) is 0. The van der Waals surface area contributed by atoms with E-state index < -0.39 is 0 Å². The van der Waals surface area contributed by atoms with Gasteiger partial charge in [-0.2, -0.15) is 0 Å². The molecule has 18 heavy (non-hydrogen) atoms. The van der Waals surface area contributed by atoms with Gasteiger partial charge in [-0.3, -0.25) is 0 Å². The van der Waals surface area contributed by atoms with Crippen LogP contribution in [0.25, 0.3) is 0 Å². The molecule has 1 N–H and O–H groups in total. The van der Waals surface area contributed by atoms with Crippen LogP contribution in [0.1, 0.15) is 5.56 Å². The Labute approximate surface area is 117 Å². The summed E-state index contributed by atoms with van der Waals surface area (Å²) in [5.41, 5.74) is 3.69. The summed E-state index contributed by atoms with van der Waals surface area (Å²) in [5, 5.41) is 3.21. The van der Waals surface area contributed by atoms with Gasteiger partial charge in [-0.05, 0) is 42.9 Å². The first-order chi connectivity index (χ1) is 8.72. The first kappa shape index (κ1) is 13.1. The second-order valence-electron chi connectivity index (χ2n) is 4.20. The number of hydrogen-bond donors (Lipinski definition) is 1. The maximum atomic E-state index is 3.53. The molecule has 2 nitrogen and oxygen atoms in total. The Bertz CT molecular complexity index is 511. The second-order valence-corrected chi connectivity index (χ2v) is 5.11. The fourth-order valence-corrected chi connectivity index (χ4v) is 2.41. The summed E-state index contributed by atoms with van der Waals surface area (Å²) < 4.78 is 1.11. The van der Waals surface area contributed by atoms with E-state index in [4.69, 9.17) is 0 Å². The normalized spacial score (nSPS) is 10.4. The number of hydrogen-bond acceptors (Lipinski definition) is 2. The number of rotatable bonds is 4. The monoisotopic (exact) mass is 304 g/mol. The van der Waals surface area contributed by atoms with Crippen LogP contribution < -0.4 is 10.2 Å². The molecule has 0 aromatic heterocycles. The largest absolute Gasteiger partial charge is 0.344 e. The van der Waals surface area contributed by atoms with Crippen molar-refractivity contribution in [3.8, 4) is 0 Å². The van der Waals surface area contributed by atoms with Gasteiger partial charge in [-0.1, -0.05) is 34.1 Å². The van der Waals surface area contributed by atoms with Crippen LogP contribution in [0.4, 0.5) is 11.4 Å². The quantitative estimate of drug-likeness (QED) is 0.920. The van der Waals surface area contributed by atoms with Gasteiger partial charge in [-0.15, -0.1) is 0 Å². The molecule has 0 aliphatic carbocycles. The van der Waals surface area contributed by atoms with Crippen molar-refractivity contribution in [2.24, 2.45) is 0 Å². The van der Waals surface area contributed by atoms with E-state index in [0.717, 1.165) is 11.0 Å². The van der Waals surface area contributed by atoms with E-state index in [2.05, 4.69) is 75.7 Å². The molecule has 3 heteroatoms. The van der Waals surface area contributed by atoms with Gasteiger partial charge >= 0.3 is 0 Å². The molecular weight excluding hydrogens is 288 g/mol. The molecule has 0 unspecified atom stereocenters. The predicted octanol–water partition coefficient (Wildman–Crippen LogP) is 3.94. The van der Waals surface area contributed by atoms with Crippen molar-refractivity contribution in [3.63, 3.8) is 0 Å². The summed E-state index contributed by atoms with van der Waals surface area (Å²) in [5.74, 6) is 0. The molecule has 0 bridgehead atoms. The van der Waals surface area contributed by atoms with Crippen LogP contribution in [0.15, 0.2) is 53.0 Å². The Morgan fingerprint density at radius 2 is 1.83 bits per heavy atom. The minimum atomic E-state index is 0.853. The number of halogens is 1. The summed E-state index contributed by atoms with van der Waals surface area (Å²) in [7, 11) is 4.06. The standard InChI is InChI=1S/C15H17BrN2/c1-17-11-12-10-13(16)8-9-15(12)18(2)14-6-4-3-5-7-14/h3-10,17H,11H2,1-2H3. The van der Waals surface area contributed by atoms with Crippen LogP contribution in [0.3, 0.4) is 0 Å². The molecule has 2 rings (SSSR count). The SMILES string of the molecule is CNCc1cc(Br)ccc1N(C)c1ccccc1. The van der Waals surface area contributed by atoms with Gasteiger partial charge < -0.3 is 10.2 Å². The van der Waals surface area contributed by atoms with Crippen LogP contribution in [-0.2, 0) is 6.54 Å². The maximum Gasteiger partial charge on any atom is 0.0454 e. The van der Waals surface area contributed by atoms with Gasteiger partial charge in [0.1, 0.15) is 0 Å². The second kappa shape index (κ2) is 6.03. The van der Waals surface area contributed by atoms with Gasteiger partial charge in [0.15, 0.2) is 0 Å². The molecule has 0 fully saturated rings. The van der Waals surface area contributed by atoms with E-state index in [-0.39, 0.29) is 0 Å². The van der Waals surface area contributed by atoms with Crippen molar-refractivity contribution in [3.05, 3.63) is 58.6 Å². The highest BCUT2D eigenvalue weighted by Crippen LogP contribution is 2.29. The van der Waals surface area contributed by atoms with Crippen LogP contribution in [-0.4, -0.2) is 14.1 Å². The third-order valence-corrected chi connectivity index (χ3v) is 3.41. The van der Waals surface area contributed by atoms with Crippen molar-refractivity contribution in [2.45, 2.75) is 6.54 Å². The lowest BCUT2D eigenvalue weighted by Gasteiger charge is -2.23. The van der Waals surface area contributed by atoms with E-state index in [1.807, 2.05) is 13.1 Å². The van der Waals surface area contributed by atoms with E-state index in [1.165, 1.54) is 16.9 Å². The van der Waals surface area contributed by atoms with Crippen molar-refractivity contribution in [1.29, 1.82) is 0 Å². The Hall–Kier alpha value is -1.32. The lowest BCUT2D eigenvalue weighted by molar-refractivity contribution is 0.815. The molecule has 0 aliphatic rings. The summed E-state index contributed by atoms with van der Waals surface area (Å²) in [6, 6.07) is 16.8. The maximum absolute atomic E-state index is 3.53. The average molecular weight is 305 g/mol. The fourth-order valence-electron chi connectivity index (χ4n) is 2.00. The van der Waals surface area contributed by atoms with E-state index in [0.29, 0.717) is 0 Å². The zero-order valence-corrected chi connectivity index (χ0v) is 12.2. The molecule has 0 atom stereocenters. The van der Waals surface area contributed by atoms with Gasteiger partial charge in [0.25, 0.3) is 0 Å². The molecule has 0 radical (unpaired) electrons. The smallest absolute Gasteiger partial charge is 0.0454 e. The highest BCUT2D eigenvalue weighted by Gasteiger charge is 2.08. The summed E-state index contributed by atoms with van der Waals surface area (Å²) in [6.45, 7) is 0.853. The Morgan fingerprint density at radius 3 is 2.50 bits per heavy atom. The molecule has 2 aromatic rings. The molecule has 0 aliphatic heterocycles. The van der Waals surface area contributed by atoms with Crippen LogP contribution in [0, 0.1) is 0 Å². The average Bonchev–Trinajstić information content (AvgIpc) is 2.40. The highest BCUT2D eigenvalue weighted by molar-refractivity contribution is 9.10. The zero-order valence-electron chi connectivity index (χ0n) is 10.7. The van der Waals surface area contributed by atoms with Gasteiger partial charge in [0, 0.05) is 29.4 Å². The molecule has 0 heterocycles. The van der Waals surface area contributed by atoms with Gasteiger partial charge in [0.05, 0.1) is 0 Å². The number of anilines is 2. The molecule has 0 saturated carbocycles. The highest BCUT2D eigenvalue weighted by atomic mass is 79.9. The van der Waals surface area contributed by atoms with E-state index in [1.54, 1.807) is 0 Å². The lowest BCUT2D eigenvalue weighted by Crippen LogP contribution is -2.14. The van der Waals surface area contributed by atoms with Crippen molar-refractivity contribution < 1.29 is 0 Å². The van der Waals surface area contributed by atoms with Crippen LogP contribution in [0.5, 0.6) is 0 Å². The summed E-state index contributed by atoms with van der Waals surface area (Å²) in [4.78, 5) is 2.21. The summed E-state index contributed by atoms with van der Waals surface area (Å²) >= 11 is 3.53. The van der Waals surface area contributed by atoms with Crippen molar-refractivity contribution in [1.82, 2.24) is 5.32 Å². The molecule has 0 amide bonds. The molecule has 94 valence electrons. The first-order valence-electron chi connectivity index (χ1n) is 5.94. The molecule has 0 spiro atoms. The van der Waals surface area contributed by atoms with Gasteiger partial charge in [-0.25, -0.2) is 0 Å². The first-order valence-corrected chi connectivity index (χ1v) is 6.73. The Morgan fingerprint density at radius 1 is 1.11 bits per heavy atom. The lowest BCUT2D eigenvalue weighted by atomic mass is 10.1. The number of nitrogens with zero attached hydrogens (tertiary/aromatic N) is 1. The van der Waals surface area contributed by atoms with E-state index >= 15 is 0 Å². The number of para-hydroxylation sites is 1. The predicted molar refractivity (Wildman–Crippen MR) is 81.4 cm³/mol. The Balaban J connectivity index is 2.38. The zero-order chi connectivity index (χ0) is 13.0. The number of benzene rings is 2. The van der Waals surface area contributed by atoms with Crippen molar-refractivity contribution in [2.75, 3.05) is 19.0 Å². The third-order valence-electron chi connectivity index (χ3n) is 2.91. The number of nitrogens with one attached hydrogen (secondary N) is 1. The van der Waals surface area contributed by atoms with Crippen molar-refractivity contribution >= 4 is 27.3 Å². The fraction of sp³-hybridized carbons (Fsp3) is 0.200. The minimum absolute atomic E-state index is 0.853.